The number of hydrogen-bond acceptors (Lipinski definition) is 6. The molecule has 0 aliphatic rings. The van der Waals surface area contributed by atoms with Gasteiger partial charge in [-0.3, -0.25) is 14.9 Å². The first-order chi connectivity index (χ1) is 16.4. The van der Waals surface area contributed by atoms with E-state index in [4.69, 9.17) is 9.47 Å². The molecule has 0 spiro atoms. The molecule has 3 aromatic carbocycles. The van der Waals surface area contributed by atoms with Gasteiger partial charge in [0.05, 0.1) is 28.6 Å². The van der Waals surface area contributed by atoms with Gasteiger partial charge in [0, 0.05) is 17.2 Å². The third kappa shape index (κ3) is 6.61. The number of nitrogens with zero attached hydrogens (tertiary/aromatic N) is 2. The Kier molecular flexibility index (Phi) is 8.69. The van der Waals surface area contributed by atoms with Crippen LogP contribution in [0.1, 0.15) is 23.6 Å². The quantitative estimate of drug-likeness (QED) is 0.222. The number of para-hydroxylation sites is 1. The number of nitro groups is 1. The minimum atomic E-state index is -0.533. The number of nitro benzene ring substituents is 1. The second-order valence-corrected chi connectivity index (χ2v) is 7.85. The lowest BCUT2D eigenvalue weighted by atomic mass is 10.1. The van der Waals surface area contributed by atoms with Crippen LogP contribution < -0.4 is 14.9 Å². The molecule has 0 radical (unpaired) electrons. The van der Waals surface area contributed by atoms with Crippen LogP contribution in [0.2, 0.25) is 0 Å². The van der Waals surface area contributed by atoms with Crippen molar-refractivity contribution in [2.75, 3.05) is 6.61 Å². The predicted molar refractivity (Wildman–Crippen MR) is 129 cm³/mol. The van der Waals surface area contributed by atoms with Crippen LogP contribution >= 0.6 is 15.9 Å². The van der Waals surface area contributed by atoms with Crippen LogP contribution in [0.4, 0.5) is 10.1 Å². The SMILES string of the molecule is CCOc1cc(/C=N/NC(=O)Cc2ccccc2[N+](=O)[O-])cc(Br)c1OCc1ccccc1F. The minimum Gasteiger partial charge on any atom is -0.490 e. The maximum Gasteiger partial charge on any atom is 0.273 e. The number of amides is 1. The van der Waals surface area contributed by atoms with E-state index in [0.29, 0.717) is 33.7 Å². The monoisotopic (exact) mass is 529 g/mol. The Hall–Kier alpha value is -3.79. The maximum absolute atomic E-state index is 13.9. The van der Waals surface area contributed by atoms with Gasteiger partial charge in [-0.05, 0) is 46.6 Å². The van der Waals surface area contributed by atoms with Gasteiger partial charge < -0.3 is 9.47 Å². The molecule has 3 rings (SSSR count). The molecule has 1 amide bonds. The van der Waals surface area contributed by atoms with Crippen molar-refractivity contribution in [3.8, 4) is 11.5 Å². The molecule has 8 nitrogen and oxygen atoms in total. The first-order valence-corrected chi connectivity index (χ1v) is 11.0. The van der Waals surface area contributed by atoms with Crippen LogP contribution in [0.25, 0.3) is 0 Å². The van der Waals surface area contributed by atoms with E-state index in [-0.39, 0.29) is 30.1 Å². The molecule has 0 aliphatic heterocycles. The Morgan fingerprint density at radius 2 is 1.85 bits per heavy atom. The first-order valence-electron chi connectivity index (χ1n) is 10.3. The van der Waals surface area contributed by atoms with E-state index in [1.54, 1.807) is 36.4 Å². The van der Waals surface area contributed by atoms with Crippen LogP contribution in [0.3, 0.4) is 0 Å². The molecular formula is C24H21BrFN3O5. The molecule has 34 heavy (non-hydrogen) atoms. The van der Waals surface area contributed by atoms with Gasteiger partial charge in [-0.15, -0.1) is 0 Å². The Morgan fingerprint density at radius 1 is 1.15 bits per heavy atom. The molecule has 0 aromatic heterocycles. The van der Waals surface area contributed by atoms with Crippen molar-refractivity contribution in [1.82, 2.24) is 5.43 Å². The molecule has 3 aromatic rings. The van der Waals surface area contributed by atoms with E-state index in [0.717, 1.165) is 0 Å². The molecule has 0 atom stereocenters. The smallest absolute Gasteiger partial charge is 0.273 e. The first kappa shape index (κ1) is 24.8. The van der Waals surface area contributed by atoms with E-state index in [1.807, 2.05) is 6.92 Å². The van der Waals surface area contributed by atoms with Gasteiger partial charge in [0.2, 0.25) is 5.91 Å². The van der Waals surface area contributed by atoms with E-state index in [1.165, 1.54) is 30.5 Å². The Bertz CT molecular complexity index is 1220. The average molecular weight is 530 g/mol. The lowest BCUT2D eigenvalue weighted by molar-refractivity contribution is -0.385. The van der Waals surface area contributed by atoms with Gasteiger partial charge in [0.1, 0.15) is 12.4 Å². The number of nitrogens with one attached hydrogen (secondary N) is 1. The number of rotatable bonds is 10. The zero-order valence-electron chi connectivity index (χ0n) is 18.2. The fourth-order valence-electron chi connectivity index (χ4n) is 3.06. The summed E-state index contributed by atoms with van der Waals surface area (Å²) in [4.78, 5) is 22.7. The highest BCUT2D eigenvalue weighted by molar-refractivity contribution is 9.10. The Balaban J connectivity index is 1.69. The third-order valence-electron chi connectivity index (χ3n) is 4.60. The number of hydrogen-bond donors (Lipinski definition) is 1. The summed E-state index contributed by atoms with van der Waals surface area (Å²) in [6.45, 7) is 2.20. The van der Waals surface area contributed by atoms with Crippen molar-refractivity contribution in [3.05, 3.63) is 97.8 Å². The van der Waals surface area contributed by atoms with Crippen molar-refractivity contribution in [1.29, 1.82) is 0 Å². The topological polar surface area (TPSA) is 103 Å². The molecule has 0 heterocycles. The van der Waals surface area contributed by atoms with Crippen LogP contribution in [0.5, 0.6) is 11.5 Å². The molecule has 0 unspecified atom stereocenters. The molecule has 0 bridgehead atoms. The number of benzene rings is 3. The lowest BCUT2D eigenvalue weighted by Crippen LogP contribution is -2.20. The normalized spacial score (nSPS) is 10.8. The standard InChI is InChI=1S/C24H21BrFN3O5/c1-2-33-22-12-16(11-19(25)24(22)34-15-18-8-3-5-9-20(18)26)14-27-28-23(30)13-17-7-4-6-10-21(17)29(31)32/h3-12,14H,2,13,15H2,1H3,(H,28,30)/b27-14+. The summed E-state index contributed by atoms with van der Waals surface area (Å²) in [6, 6.07) is 15.7. The summed E-state index contributed by atoms with van der Waals surface area (Å²) >= 11 is 3.44. The van der Waals surface area contributed by atoms with E-state index in [2.05, 4.69) is 26.5 Å². The van der Waals surface area contributed by atoms with Crippen molar-refractivity contribution < 1.29 is 23.6 Å². The van der Waals surface area contributed by atoms with Crippen LogP contribution in [0.15, 0.2) is 70.2 Å². The zero-order chi connectivity index (χ0) is 24.5. The third-order valence-corrected chi connectivity index (χ3v) is 5.19. The van der Waals surface area contributed by atoms with E-state index >= 15 is 0 Å². The number of carbonyl (C=O) groups excluding carboxylic acids is 1. The Morgan fingerprint density at radius 3 is 2.56 bits per heavy atom. The summed E-state index contributed by atoms with van der Waals surface area (Å²) in [5.41, 5.74) is 3.53. The largest absolute Gasteiger partial charge is 0.490 e. The van der Waals surface area contributed by atoms with Gasteiger partial charge >= 0.3 is 0 Å². The van der Waals surface area contributed by atoms with E-state index in [9.17, 15) is 19.3 Å². The number of carbonyl (C=O) groups is 1. The summed E-state index contributed by atoms with van der Waals surface area (Å²) in [7, 11) is 0. The van der Waals surface area contributed by atoms with Crippen molar-refractivity contribution in [2.45, 2.75) is 20.0 Å². The molecule has 0 saturated carbocycles. The van der Waals surface area contributed by atoms with Crippen molar-refractivity contribution in [2.24, 2.45) is 5.10 Å². The van der Waals surface area contributed by atoms with Crippen LogP contribution in [-0.4, -0.2) is 23.7 Å². The van der Waals surface area contributed by atoms with Gasteiger partial charge in [-0.25, -0.2) is 9.82 Å². The summed E-state index contributed by atoms with van der Waals surface area (Å²) < 4.78 is 25.9. The number of ether oxygens (including phenoxy) is 2. The van der Waals surface area contributed by atoms with Gasteiger partial charge in [0.25, 0.3) is 5.69 Å². The molecule has 10 heteroatoms. The lowest BCUT2D eigenvalue weighted by Gasteiger charge is -2.15. The van der Waals surface area contributed by atoms with E-state index < -0.39 is 10.8 Å². The van der Waals surface area contributed by atoms with Gasteiger partial charge in [0.15, 0.2) is 11.5 Å². The minimum absolute atomic E-state index is 0.0143. The fraction of sp³-hybridized carbons (Fsp3) is 0.167. The van der Waals surface area contributed by atoms with Crippen LogP contribution in [-0.2, 0) is 17.8 Å². The second kappa shape index (κ2) is 11.9. The average Bonchev–Trinajstić information content (AvgIpc) is 2.80. The molecule has 0 fully saturated rings. The van der Waals surface area contributed by atoms with Crippen molar-refractivity contribution >= 4 is 33.7 Å². The highest BCUT2D eigenvalue weighted by atomic mass is 79.9. The summed E-state index contributed by atoms with van der Waals surface area (Å²) in [5.74, 6) is -0.0417. The van der Waals surface area contributed by atoms with Gasteiger partial charge in [-0.2, -0.15) is 5.10 Å². The number of hydrazone groups is 1. The molecule has 0 aliphatic carbocycles. The second-order valence-electron chi connectivity index (χ2n) is 7.00. The summed E-state index contributed by atoms with van der Waals surface area (Å²) in [5, 5.41) is 15.0. The number of halogens is 2. The molecule has 1 N–H and O–H groups in total. The predicted octanol–water partition coefficient (Wildman–Crippen LogP) is 5.17. The molecule has 176 valence electrons. The molecule has 0 saturated heterocycles. The van der Waals surface area contributed by atoms with Gasteiger partial charge in [-0.1, -0.05) is 36.4 Å². The zero-order valence-corrected chi connectivity index (χ0v) is 19.7. The maximum atomic E-state index is 13.9. The Labute approximate surface area is 203 Å². The van der Waals surface area contributed by atoms with Crippen LogP contribution in [0, 0.1) is 15.9 Å². The molecular weight excluding hydrogens is 509 g/mol. The highest BCUT2D eigenvalue weighted by Crippen LogP contribution is 2.37. The van der Waals surface area contributed by atoms with Crippen molar-refractivity contribution in [3.63, 3.8) is 0 Å². The highest BCUT2D eigenvalue weighted by Gasteiger charge is 2.16. The summed E-state index contributed by atoms with van der Waals surface area (Å²) in [6.07, 6.45) is 1.22. The fourth-order valence-corrected chi connectivity index (χ4v) is 3.63.